The summed E-state index contributed by atoms with van der Waals surface area (Å²) in [5.41, 5.74) is -0.720. The lowest BCUT2D eigenvalue weighted by molar-refractivity contribution is -0.158. The van der Waals surface area contributed by atoms with Crippen LogP contribution in [0.3, 0.4) is 0 Å². The van der Waals surface area contributed by atoms with Crippen molar-refractivity contribution in [2.45, 2.75) is 58.5 Å². The number of ketones is 1. The maximum absolute atomic E-state index is 12.4. The molecular weight excluding hydrogens is 246 g/mol. The van der Waals surface area contributed by atoms with Crippen molar-refractivity contribution in [2.75, 3.05) is 0 Å². The summed E-state index contributed by atoms with van der Waals surface area (Å²) in [6, 6.07) is -0.863. The van der Waals surface area contributed by atoms with Crippen molar-refractivity contribution in [3.8, 4) is 0 Å². The van der Waals surface area contributed by atoms with Crippen LogP contribution in [0.25, 0.3) is 0 Å². The number of carboxylic acid groups (broad SMARTS) is 1. The van der Waals surface area contributed by atoms with Crippen LogP contribution in [0, 0.1) is 11.3 Å². The predicted octanol–water partition coefficient (Wildman–Crippen LogP) is 1.46. The SMILES string of the molecule is CCC(C)(C)C(=O)C(=O)N1[C@H]2CC[C@H](C2)[C@@H]1C(=O)O. The number of aliphatic carboxylic acids is 1. The van der Waals surface area contributed by atoms with Gasteiger partial charge in [0.2, 0.25) is 5.78 Å². The summed E-state index contributed by atoms with van der Waals surface area (Å²) in [5, 5.41) is 9.29. The molecule has 2 rings (SSSR count). The minimum absolute atomic E-state index is 0.0176. The molecule has 2 bridgehead atoms. The summed E-state index contributed by atoms with van der Waals surface area (Å²) in [6.45, 7) is 5.32. The second-order valence-electron chi connectivity index (χ2n) is 6.29. The smallest absolute Gasteiger partial charge is 0.326 e. The lowest BCUT2D eigenvalue weighted by atomic mass is 9.84. The van der Waals surface area contributed by atoms with Gasteiger partial charge in [0, 0.05) is 11.5 Å². The topological polar surface area (TPSA) is 74.7 Å². The van der Waals surface area contributed by atoms with Gasteiger partial charge in [-0.2, -0.15) is 0 Å². The minimum atomic E-state index is -0.984. The molecule has 1 N–H and O–H groups in total. The van der Waals surface area contributed by atoms with Crippen LogP contribution in [0.4, 0.5) is 0 Å². The molecule has 0 aromatic carbocycles. The molecule has 5 heteroatoms. The summed E-state index contributed by atoms with van der Waals surface area (Å²) in [6.07, 6.45) is 2.95. The highest BCUT2D eigenvalue weighted by Gasteiger charge is 2.53. The third-order valence-corrected chi connectivity index (χ3v) is 4.77. The Bertz CT molecular complexity index is 429. The maximum atomic E-state index is 12.4. The Labute approximate surface area is 113 Å². The van der Waals surface area contributed by atoms with Gasteiger partial charge in [0.05, 0.1) is 0 Å². The molecule has 106 valence electrons. The molecule has 2 fully saturated rings. The normalized spacial score (nSPS) is 29.6. The summed E-state index contributed by atoms with van der Waals surface area (Å²) in [4.78, 5) is 37.3. The first-order valence-corrected chi connectivity index (χ1v) is 6.89. The Hall–Kier alpha value is -1.39. The fraction of sp³-hybridized carbons (Fsp3) is 0.786. The van der Waals surface area contributed by atoms with E-state index in [1.807, 2.05) is 6.92 Å². The van der Waals surface area contributed by atoms with E-state index in [9.17, 15) is 19.5 Å². The molecule has 0 spiro atoms. The van der Waals surface area contributed by atoms with Crippen molar-refractivity contribution in [2.24, 2.45) is 11.3 Å². The first-order chi connectivity index (χ1) is 8.79. The van der Waals surface area contributed by atoms with E-state index >= 15 is 0 Å². The number of carbonyl (C=O) groups excluding carboxylic acids is 2. The van der Waals surface area contributed by atoms with E-state index in [0.29, 0.717) is 6.42 Å². The molecule has 1 aliphatic carbocycles. The van der Waals surface area contributed by atoms with E-state index in [0.717, 1.165) is 19.3 Å². The molecular formula is C14H21NO4. The van der Waals surface area contributed by atoms with Crippen molar-refractivity contribution in [1.29, 1.82) is 0 Å². The van der Waals surface area contributed by atoms with Crippen LogP contribution in [0.5, 0.6) is 0 Å². The Balaban J connectivity index is 2.23. The van der Waals surface area contributed by atoms with E-state index < -0.39 is 29.1 Å². The number of fused-ring (bicyclic) bond motifs is 2. The summed E-state index contributed by atoms with van der Waals surface area (Å²) < 4.78 is 0. The highest BCUT2D eigenvalue weighted by atomic mass is 16.4. The van der Waals surface area contributed by atoms with Crippen LogP contribution >= 0.6 is 0 Å². The number of hydrogen-bond donors (Lipinski definition) is 1. The number of hydrogen-bond acceptors (Lipinski definition) is 3. The molecule has 1 amide bonds. The summed E-state index contributed by atoms with van der Waals surface area (Å²) in [5.74, 6) is -2.04. The zero-order valence-corrected chi connectivity index (χ0v) is 11.7. The number of carboxylic acids is 1. The van der Waals surface area contributed by atoms with Crippen LogP contribution in [0.2, 0.25) is 0 Å². The third-order valence-electron chi connectivity index (χ3n) is 4.77. The fourth-order valence-corrected chi connectivity index (χ4v) is 3.17. The zero-order valence-electron chi connectivity index (χ0n) is 11.7. The highest BCUT2D eigenvalue weighted by Crippen LogP contribution is 2.43. The van der Waals surface area contributed by atoms with Crippen LogP contribution in [0.15, 0.2) is 0 Å². The molecule has 0 radical (unpaired) electrons. The summed E-state index contributed by atoms with van der Waals surface area (Å²) in [7, 11) is 0. The Morgan fingerprint density at radius 3 is 2.42 bits per heavy atom. The van der Waals surface area contributed by atoms with Crippen LogP contribution < -0.4 is 0 Å². The number of nitrogens with zero attached hydrogens (tertiary/aromatic N) is 1. The van der Waals surface area contributed by atoms with E-state index in [1.54, 1.807) is 13.8 Å². The van der Waals surface area contributed by atoms with E-state index in [4.69, 9.17) is 0 Å². The van der Waals surface area contributed by atoms with Gasteiger partial charge in [-0.3, -0.25) is 9.59 Å². The fourth-order valence-electron chi connectivity index (χ4n) is 3.17. The predicted molar refractivity (Wildman–Crippen MR) is 68.5 cm³/mol. The number of rotatable bonds is 4. The zero-order chi connectivity index (χ0) is 14.4. The van der Waals surface area contributed by atoms with Gasteiger partial charge in [0.25, 0.3) is 5.91 Å². The average molecular weight is 267 g/mol. The molecule has 1 saturated heterocycles. The van der Waals surface area contributed by atoms with Gasteiger partial charge in [-0.25, -0.2) is 4.79 Å². The van der Waals surface area contributed by atoms with Gasteiger partial charge in [0.1, 0.15) is 6.04 Å². The highest BCUT2D eigenvalue weighted by molar-refractivity contribution is 6.38. The molecule has 2 aliphatic rings. The standard InChI is InChI=1S/C14H21NO4/c1-4-14(2,3)11(16)12(17)15-9-6-5-8(7-9)10(15)13(18)19/h8-10H,4-7H2,1-3H3,(H,18,19)/t8-,9+,10-/m1/s1. The molecule has 0 unspecified atom stereocenters. The van der Waals surface area contributed by atoms with Gasteiger partial charge < -0.3 is 10.0 Å². The lowest BCUT2D eigenvalue weighted by Gasteiger charge is -2.34. The molecule has 19 heavy (non-hydrogen) atoms. The second kappa shape index (κ2) is 4.62. The van der Waals surface area contributed by atoms with Crippen LogP contribution in [-0.4, -0.2) is 39.7 Å². The largest absolute Gasteiger partial charge is 0.480 e. The first kappa shape index (κ1) is 14.0. The number of Topliss-reactive ketones (excluding diaryl/α,β-unsaturated/α-hetero) is 1. The number of likely N-dealkylation sites (tertiary alicyclic amines) is 1. The first-order valence-electron chi connectivity index (χ1n) is 6.89. The molecule has 0 aromatic rings. The third kappa shape index (κ3) is 2.15. The monoisotopic (exact) mass is 267 g/mol. The lowest BCUT2D eigenvalue weighted by Crippen LogP contribution is -2.53. The van der Waals surface area contributed by atoms with Gasteiger partial charge in [-0.1, -0.05) is 20.8 Å². The van der Waals surface area contributed by atoms with Gasteiger partial charge in [-0.15, -0.1) is 0 Å². The Kier molecular flexibility index (Phi) is 3.41. The van der Waals surface area contributed by atoms with Crippen molar-refractivity contribution < 1.29 is 19.5 Å². The number of amides is 1. The Morgan fingerprint density at radius 1 is 1.26 bits per heavy atom. The quantitative estimate of drug-likeness (QED) is 0.782. The molecule has 0 aromatic heterocycles. The molecule has 5 nitrogen and oxygen atoms in total. The van der Waals surface area contributed by atoms with Crippen molar-refractivity contribution in [3.63, 3.8) is 0 Å². The number of carbonyl (C=O) groups is 3. The van der Waals surface area contributed by atoms with Crippen molar-refractivity contribution in [1.82, 2.24) is 4.90 Å². The van der Waals surface area contributed by atoms with Gasteiger partial charge in [0.15, 0.2) is 0 Å². The van der Waals surface area contributed by atoms with Gasteiger partial charge in [-0.05, 0) is 31.6 Å². The Morgan fingerprint density at radius 2 is 1.89 bits per heavy atom. The van der Waals surface area contributed by atoms with Crippen LogP contribution in [-0.2, 0) is 14.4 Å². The van der Waals surface area contributed by atoms with Crippen LogP contribution in [0.1, 0.15) is 46.5 Å². The van der Waals surface area contributed by atoms with Crippen molar-refractivity contribution in [3.05, 3.63) is 0 Å². The molecule has 1 heterocycles. The average Bonchev–Trinajstić information content (AvgIpc) is 2.96. The second-order valence-corrected chi connectivity index (χ2v) is 6.29. The minimum Gasteiger partial charge on any atom is -0.480 e. The molecule has 3 atom stereocenters. The van der Waals surface area contributed by atoms with Crippen molar-refractivity contribution >= 4 is 17.7 Å². The van der Waals surface area contributed by atoms with E-state index in [2.05, 4.69) is 0 Å². The van der Waals surface area contributed by atoms with E-state index in [1.165, 1.54) is 4.90 Å². The van der Waals surface area contributed by atoms with Gasteiger partial charge >= 0.3 is 5.97 Å². The van der Waals surface area contributed by atoms with E-state index in [-0.39, 0.29) is 12.0 Å². The molecule has 1 saturated carbocycles. The maximum Gasteiger partial charge on any atom is 0.326 e. The molecule has 1 aliphatic heterocycles. The summed E-state index contributed by atoms with van der Waals surface area (Å²) >= 11 is 0. The number of piperidine rings is 1.